The number of pyridine rings is 1. The molecule has 0 saturated heterocycles. The highest BCUT2D eigenvalue weighted by Gasteiger charge is 2.14. The molecule has 3 rings (SSSR count). The minimum absolute atomic E-state index is 0.0769. The van der Waals surface area contributed by atoms with E-state index in [-0.39, 0.29) is 10.6 Å². The van der Waals surface area contributed by atoms with E-state index in [1.54, 1.807) is 24.4 Å². The first-order chi connectivity index (χ1) is 10.3. The van der Waals surface area contributed by atoms with Crippen molar-refractivity contribution in [1.82, 2.24) is 9.97 Å². The maximum Gasteiger partial charge on any atom is 0.278 e. The smallest absolute Gasteiger partial charge is 0.278 e. The fraction of sp³-hybridized carbons (Fsp3) is 0.133. The van der Waals surface area contributed by atoms with Crippen LogP contribution in [0.4, 0.5) is 11.4 Å². The van der Waals surface area contributed by atoms with Gasteiger partial charge in [-0.15, -0.1) is 0 Å². The topological polar surface area (TPSA) is 83.9 Å². The monoisotopic (exact) mass is 282 g/mol. The first kappa shape index (κ1) is 13.1. The van der Waals surface area contributed by atoms with E-state index in [9.17, 15) is 10.1 Å². The number of non-ortho nitro benzene ring substituents is 1. The second kappa shape index (κ2) is 5.62. The van der Waals surface area contributed by atoms with Crippen molar-refractivity contribution in [3.8, 4) is 0 Å². The fourth-order valence-electron chi connectivity index (χ4n) is 2.31. The molecule has 0 unspecified atom stereocenters. The number of anilines is 1. The van der Waals surface area contributed by atoms with Gasteiger partial charge in [-0.3, -0.25) is 15.1 Å². The Morgan fingerprint density at radius 2 is 2.14 bits per heavy atom. The number of nitro groups is 1. The van der Waals surface area contributed by atoms with Crippen LogP contribution < -0.4 is 5.32 Å². The van der Waals surface area contributed by atoms with Crippen molar-refractivity contribution >= 4 is 22.3 Å². The van der Waals surface area contributed by atoms with Gasteiger partial charge >= 0.3 is 0 Å². The number of nitro benzene ring substituents is 1. The molecule has 0 amide bonds. The number of hydrogen-bond donors (Lipinski definition) is 2. The molecule has 6 heteroatoms. The van der Waals surface area contributed by atoms with Gasteiger partial charge in [0.15, 0.2) is 0 Å². The first-order valence-corrected chi connectivity index (χ1v) is 6.64. The maximum absolute atomic E-state index is 11.0. The molecule has 0 atom stereocenters. The lowest BCUT2D eigenvalue weighted by molar-refractivity contribution is -0.383. The molecule has 0 radical (unpaired) electrons. The third-order valence-corrected chi connectivity index (χ3v) is 3.32. The van der Waals surface area contributed by atoms with Gasteiger partial charge in [-0.25, -0.2) is 0 Å². The molecule has 6 nitrogen and oxygen atoms in total. The number of fused-ring (bicyclic) bond motifs is 1. The SMILES string of the molecule is O=[N+]([O-])c1ccc(NCCc2ccc[nH]2)c2ncccc12. The maximum atomic E-state index is 11.0. The molecular weight excluding hydrogens is 268 g/mol. The zero-order chi connectivity index (χ0) is 14.7. The summed E-state index contributed by atoms with van der Waals surface area (Å²) >= 11 is 0. The molecule has 0 aliphatic carbocycles. The largest absolute Gasteiger partial charge is 0.383 e. The van der Waals surface area contributed by atoms with Crippen LogP contribution in [-0.2, 0) is 6.42 Å². The molecule has 0 fully saturated rings. The molecule has 0 saturated carbocycles. The average molecular weight is 282 g/mol. The number of nitrogens with zero attached hydrogens (tertiary/aromatic N) is 2. The predicted octanol–water partition coefficient (Wildman–Crippen LogP) is 3.13. The highest BCUT2D eigenvalue weighted by atomic mass is 16.6. The zero-order valence-corrected chi connectivity index (χ0v) is 11.2. The minimum Gasteiger partial charge on any atom is -0.383 e. The third-order valence-electron chi connectivity index (χ3n) is 3.32. The lowest BCUT2D eigenvalue weighted by atomic mass is 10.1. The lowest BCUT2D eigenvalue weighted by Crippen LogP contribution is -2.06. The van der Waals surface area contributed by atoms with Crippen LogP contribution in [0.25, 0.3) is 10.9 Å². The highest BCUT2D eigenvalue weighted by molar-refractivity contribution is 5.96. The van der Waals surface area contributed by atoms with Gasteiger partial charge in [0.2, 0.25) is 0 Å². The van der Waals surface area contributed by atoms with Crippen molar-refractivity contribution < 1.29 is 4.92 Å². The molecule has 106 valence electrons. The van der Waals surface area contributed by atoms with Crippen LogP contribution in [0.2, 0.25) is 0 Å². The van der Waals surface area contributed by atoms with Crippen molar-refractivity contribution in [2.45, 2.75) is 6.42 Å². The standard InChI is InChI=1S/C15H14N4O2/c20-19(21)14-6-5-13(15-12(14)4-2-9-18-15)17-10-7-11-3-1-8-16-11/h1-6,8-9,16-17H,7,10H2. The van der Waals surface area contributed by atoms with Crippen LogP contribution in [-0.4, -0.2) is 21.4 Å². The quantitative estimate of drug-likeness (QED) is 0.556. The molecular formula is C15H14N4O2. The van der Waals surface area contributed by atoms with Crippen LogP contribution in [0.3, 0.4) is 0 Å². The van der Waals surface area contributed by atoms with Gasteiger partial charge in [-0.2, -0.15) is 0 Å². The van der Waals surface area contributed by atoms with Crippen LogP contribution in [0.1, 0.15) is 5.69 Å². The van der Waals surface area contributed by atoms with Gasteiger partial charge in [0, 0.05) is 37.1 Å². The summed E-state index contributed by atoms with van der Waals surface area (Å²) in [6.45, 7) is 0.726. The molecule has 2 aromatic heterocycles. The summed E-state index contributed by atoms with van der Waals surface area (Å²) in [5, 5.41) is 14.9. The molecule has 0 aliphatic heterocycles. The Hall–Kier alpha value is -2.89. The van der Waals surface area contributed by atoms with Crippen LogP contribution in [0.15, 0.2) is 48.8 Å². The van der Waals surface area contributed by atoms with Gasteiger partial charge in [0.1, 0.15) is 5.52 Å². The van der Waals surface area contributed by atoms with Gasteiger partial charge in [-0.05, 0) is 30.3 Å². The first-order valence-electron chi connectivity index (χ1n) is 6.64. The number of rotatable bonds is 5. The van der Waals surface area contributed by atoms with Crippen LogP contribution >= 0.6 is 0 Å². The third kappa shape index (κ3) is 2.69. The lowest BCUT2D eigenvalue weighted by Gasteiger charge is -2.09. The molecule has 2 N–H and O–H groups in total. The second-order valence-electron chi connectivity index (χ2n) is 4.66. The van der Waals surface area contributed by atoms with E-state index in [4.69, 9.17) is 0 Å². The van der Waals surface area contributed by atoms with E-state index in [1.165, 1.54) is 6.07 Å². The minimum atomic E-state index is -0.382. The molecule has 0 bridgehead atoms. The summed E-state index contributed by atoms with van der Waals surface area (Å²) in [7, 11) is 0. The van der Waals surface area contributed by atoms with Gasteiger partial charge in [0.05, 0.1) is 16.0 Å². The van der Waals surface area contributed by atoms with E-state index in [0.717, 1.165) is 24.3 Å². The van der Waals surface area contributed by atoms with Crippen molar-refractivity contribution in [1.29, 1.82) is 0 Å². The molecule has 0 aliphatic rings. The Labute approximate surface area is 121 Å². The Morgan fingerprint density at radius 1 is 1.24 bits per heavy atom. The number of aromatic amines is 1. The summed E-state index contributed by atoms with van der Waals surface area (Å²) in [5.41, 5.74) is 2.65. The number of nitrogens with one attached hydrogen (secondary N) is 2. The fourth-order valence-corrected chi connectivity index (χ4v) is 2.31. The van der Waals surface area contributed by atoms with Gasteiger partial charge in [-0.1, -0.05) is 0 Å². The Balaban J connectivity index is 1.85. The van der Waals surface area contributed by atoms with Gasteiger partial charge < -0.3 is 10.3 Å². The van der Waals surface area contributed by atoms with E-state index >= 15 is 0 Å². The predicted molar refractivity (Wildman–Crippen MR) is 81.4 cm³/mol. The van der Waals surface area contributed by atoms with Gasteiger partial charge in [0.25, 0.3) is 5.69 Å². The number of H-pyrrole nitrogens is 1. The Morgan fingerprint density at radius 3 is 2.90 bits per heavy atom. The number of benzene rings is 1. The summed E-state index contributed by atoms with van der Waals surface area (Å²) in [5.74, 6) is 0. The zero-order valence-electron chi connectivity index (χ0n) is 11.2. The van der Waals surface area contributed by atoms with E-state index in [1.807, 2.05) is 18.3 Å². The molecule has 21 heavy (non-hydrogen) atoms. The van der Waals surface area contributed by atoms with Crippen LogP contribution in [0.5, 0.6) is 0 Å². The Bertz CT molecular complexity index is 768. The second-order valence-corrected chi connectivity index (χ2v) is 4.66. The number of hydrogen-bond acceptors (Lipinski definition) is 4. The molecule has 1 aromatic carbocycles. The summed E-state index contributed by atoms with van der Waals surface area (Å²) in [4.78, 5) is 18.1. The van der Waals surface area contributed by atoms with E-state index in [2.05, 4.69) is 15.3 Å². The van der Waals surface area contributed by atoms with Crippen LogP contribution in [0, 0.1) is 10.1 Å². The van der Waals surface area contributed by atoms with E-state index in [0.29, 0.717) is 10.9 Å². The van der Waals surface area contributed by atoms with Crippen molar-refractivity contribution in [3.05, 3.63) is 64.6 Å². The summed E-state index contributed by atoms with van der Waals surface area (Å²) < 4.78 is 0. The van der Waals surface area contributed by atoms with Crippen molar-refractivity contribution in [3.63, 3.8) is 0 Å². The normalized spacial score (nSPS) is 10.7. The Kier molecular flexibility index (Phi) is 3.51. The summed E-state index contributed by atoms with van der Waals surface area (Å²) in [6.07, 6.45) is 4.37. The number of aromatic nitrogens is 2. The summed E-state index contributed by atoms with van der Waals surface area (Å²) in [6, 6.07) is 10.6. The van der Waals surface area contributed by atoms with Crippen molar-refractivity contribution in [2.75, 3.05) is 11.9 Å². The molecule has 2 heterocycles. The highest BCUT2D eigenvalue weighted by Crippen LogP contribution is 2.29. The average Bonchev–Trinajstić information content (AvgIpc) is 3.00. The van der Waals surface area contributed by atoms with Crippen molar-refractivity contribution in [2.24, 2.45) is 0 Å². The molecule has 3 aromatic rings. The molecule has 0 spiro atoms. The van der Waals surface area contributed by atoms with E-state index < -0.39 is 0 Å².